The Labute approximate surface area is 119 Å². The van der Waals surface area contributed by atoms with E-state index in [9.17, 15) is 0 Å². The molecule has 2 nitrogen and oxygen atoms in total. The molecule has 0 heterocycles. The third kappa shape index (κ3) is 8.02. The lowest BCUT2D eigenvalue weighted by Gasteiger charge is -2.19. The molecule has 0 spiro atoms. The number of hydrogen-bond donors (Lipinski definition) is 1. The lowest BCUT2D eigenvalue weighted by Crippen LogP contribution is -2.32. The summed E-state index contributed by atoms with van der Waals surface area (Å²) >= 11 is 0. The summed E-state index contributed by atoms with van der Waals surface area (Å²) < 4.78 is 0. The molecule has 0 aliphatic carbocycles. The van der Waals surface area contributed by atoms with Gasteiger partial charge in [0.25, 0.3) is 0 Å². The van der Waals surface area contributed by atoms with Crippen molar-refractivity contribution < 1.29 is 0 Å². The molecule has 0 atom stereocenters. The highest BCUT2D eigenvalue weighted by Crippen LogP contribution is 2.03. The van der Waals surface area contributed by atoms with Crippen LogP contribution >= 0.6 is 0 Å². The van der Waals surface area contributed by atoms with E-state index in [1.165, 1.54) is 50.9 Å². The summed E-state index contributed by atoms with van der Waals surface area (Å²) in [5.41, 5.74) is 1.46. The molecule has 108 valence electrons. The highest BCUT2D eigenvalue weighted by molar-refractivity contribution is 5.14. The minimum Gasteiger partial charge on any atom is -0.315 e. The number of unbranched alkanes of at least 4 members (excludes halogenated alkanes) is 1. The van der Waals surface area contributed by atoms with Crippen LogP contribution in [0, 0.1) is 0 Å². The third-order valence-electron chi connectivity index (χ3n) is 3.50. The second-order valence-electron chi connectivity index (χ2n) is 5.13. The fourth-order valence-corrected chi connectivity index (χ4v) is 2.33. The topological polar surface area (TPSA) is 15.3 Å². The van der Waals surface area contributed by atoms with Gasteiger partial charge < -0.3 is 10.2 Å². The van der Waals surface area contributed by atoms with Gasteiger partial charge in [-0.05, 0) is 50.9 Å². The highest BCUT2D eigenvalue weighted by atomic mass is 15.1. The Morgan fingerprint density at radius 2 is 1.74 bits per heavy atom. The van der Waals surface area contributed by atoms with Gasteiger partial charge >= 0.3 is 0 Å². The van der Waals surface area contributed by atoms with E-state index in [0.29, 0.717) is 0 Å². The van der Waals surface area contributed by atoms with Crippen LogP contribution in [0.3, 0.4) is 0 Å². The molecule has 1 aromatic carbocycles. The maximum Gasteiger partial charge on any atom is 0.0107 e. The van der Waals surface area contributed by atoms with E-state index in [0.717, 1.165) is 13.1 Å². The zero-order chi connectivity index (χ0) is 13.8. The first-order valence-electron chi connectivity index (χ1n) is 7.83. The largest absolute Gasteiger partial charge is 0.315 e. The lowest BCUT2D eigenvalue weighted by molar-refractivity contribution is 0.287. The van der Waals surface area contributed by atoms with Crippen molar-refractivity contribution >= 4 is 0 Å². The van der Waals surface area contributed by atoms with E-state index in [2.05, 4.69) is 54.4 Å². The van der Waals surface area contributed by atoms with Gasteiger partial charge in [-0.1, -0.05) is 44.2 Å². The molecule has 1 rings (SSSR count). The molecule has 0 saturated heterocycles. The van der Waals surface area contributed by atoms with Gasteiger partial charge in [-0.25, -0.2) is 0 Å². The minimum absolute atomic E-state index is 1.12. The maximum atomic E-state index is 3.55. The standard InChI is InChI=1S/C17H30N2/c1-3-15-19(4-2)16-14-18-13-9-8-12-17-10-6-5-7-11-17/h5-7,10-11,18H,3-4,8-9,12-16H2,1-2H3. The van der Waals surface area contributed by atoms with Gasteiger partial charge in [0.1, 0.15) is 0 Å². The summed E-state index contributed by atoms with van der Waals surface area (Å²) in [6, 6.07) is 10.8. The molecular weight excluding hydrogens is 232 g/mol. The van der Waals surface area contributed by atoms with Crippen molar-refractivity contribution in [1.29, 1.82) is 0 Å². The average Bonchev–Trinajstić information content (AvgIpc) is 2.46. The van der Waals surface area contributed by atoms with Crippen LogP contribution in [-0.4, -0.2) is 37.6 Å². The van der Waals surface area contributed by atoms with Crippen molar-refractivity contribution in [3.05, 3.63) is 35.9 Å². The third-order valence-corrected chi connectivity index (χ3v) is 3.50. The van der Waals surface area contributed by atoms with Crippen LogP contribution in [0.2, 0.25) is 0 Å². The molecular formula is C17H30N2. The minimum atomic E-state index is 1.12. The van der Waals surface area contributed by atoms with Gasteiger partial charge in [0, 0.05) is 13.1 Å². The van der Waals surface area contributed by atoms with Crippen LogP contribution in [0.5, 0.6) is 0 Å². The van der Waals surface area contributed by atoms with Gasteiger partial charge in [-0.2, -0.15) is 0 Å². The molecule has 0 aromatic heterocycles. The lowest BCUT2D eigenvalue weighted by atomic mass is 10.1. The summed E-state index contributed by atoms with van der Waals surface area (Å²) in [7, 11) is 0. The molecule has 19 heavy (non-hydrogen) atoms. The van der Waals surface area contributed by atoms with E-state index >= 15 is 0 Å². The van der Waals surface area contributed by atoms with Crippen molar-refractivity contribution in [2.75, 3.05) is 32.7 Å². The van der Waals surface area contributed by atoms with E-state index in [-0.39, 0.29) is 0 Å². The summed E-state index contributed by atoms with van der Waals surface area (Å²) in [5.74, 6) is 0. The van der Waals surface area contributed by atoms with Gasteiger partial charge in [0.15, 0.2) is 0 Å². The van der Waals surface area contributed by atoms with Crippen LogP contribution in [0.1, 0.15) is 38.7 Å². The number of rotatable bonds is 11. The van der Waals surface area contributed by atoms with Crippen molar-refractivity contribution in [1.82, 2.24) is 10.2 Å². The molecule has 0 amide bonds. The predicted octanol–water partition coefficient (Wildman–Crippen LogP) is 3.33. The van der Waals surface area contributed by atoms with Crippen molar-refractivity contribution in [2.45, 2.75) is 39.5 Å². The number of benzene rings is 1. The molecule has 2 heteroatoms. The number of aryl methyl sites for hydroxylation is 1. The van der Waals surface area contributed by atoms with Gasteiger partial charge in [0.05, 0.1) is 0 Å². The Kier molecular flexibility index (Phi) is 9.38. The first-order chi connectivity index (χ1) is 9.36. The molecule has 0 saturated carbocycles. The van der Waals surface area contributed by atoms with Crippen LogP contribution in [0.4, 0.5) is 0 Å². The number of likely N-dealkylation sites (N-methyl/N-ethyl adjacent to an activating group) is 1. The van der Waals surface area contributed by atoms with Gasteiger partial charge in [-0.15, -0.1) is 0 Å². The molecule has 1 aromatic rings. The van der Waals surface area contributed by atoms with E-state index in [4.69, 9.17) is 0 Å². The first kappa shape index (κ1) is 16.2. The summed E-state index contributed by atoms with van der Waals surface area (Å²) in [6.45, 7) is 10.4. The Balaban J connectivity index is 1.94. The quantitative estimate of drug-likeness (QED) is 0.615. The van der Waals surface area contributed by atoms with Crippen LogP contribution in [0.15, 0.2) is 30.3 Å². The molecule has 0 bridgehead atoms. The first-order valence-corrected chi connectivity index (χ1v) is 7.83. The van der Waals surface area contributed by atoms with Crippen molar-refractivity contribution in [2.24, 2.45) is 0 Å². The smallest absolute Gasteiger partial charge is 0.0107 e. The van der Waals surface area contributed by atoms with Crippen LogP contribution < -0.4 is 5.32 Å². The van der Waals surface area contributed by atoms with E-state index < -0.39 is 0 Å². The Bertz CT molecular complexity index is 297. The molecule has 0 unspecified atom stereocenters. The summed E-state index contributed by atoms with van der Waals surface area (Å²) in [4.78, 5) is 2.51. The molecule has 1 N–H and O–H groups in total. The van der Waals surface area contributed by atoms with E-state index in [1.807, 2.05) is 0 Å². The number of nitrogens with one attached hydrogen (secondary N) is 1. The number of hydrogen-bond acceptors (Lipinski definition) is 2. The van der Waals surface area contributed by atoms with Crippen LogP contribution in [0.25, 0.3) is 0 Å². The number of nitrogens with zero attached hydrogens (tertiary/aromatic N) is 1. The van der Waals surface area contributed by atoms with Gasteiger partial charge in [0.2, 0.25) is 0 Å². The zero-order valence-electron chi connectivity index (χ0n) is 12.7. The molecule has 0 radical (unpaired) electrons. The molecule has 0 fully saturated rings. The second kappa shape index (κ2) is 11.0. The fraction of sp³-hybridized carbons (Fsp3) is 0.647. The average molecular weight is 262 g/mol. The maximum absolute atomic E-state index is 3.55. The predicted molar refractivity (Wildman–Crippen MR) is 84.7 cm³/mol. The monoisotopic (exact) mass is 262 g/mol. The second-order valence-corrected chi connectivity index (χ2v) is 5.13. The Morgan fingerprint density at radius 3 is 2.42 bits per heavy atom. The highest BCUT2D eigenvalue weighted by Gasteiger charge is 1.99. The Hall–Kier alpha value is -0.860. The summed E-state index contributed by atoms with van der Waals surface area (Å²) in [6.07, 6.45) is 5.02. The zero-order valence-corrected chi connectivity index (χ0v) is 12.7. The summed E-state index contributed by atoms with van der Waals surface area (Å²) in [5, 5.41) is 3.55. The van der Waals surface area contributed by atoms with Crippen molar-refractivity contribution in [3.8, 4) is 0 Å². The molecule has 0 aliphatic heterocycles. The normalized spacial score (nSPS) is 11.1. The fourth-order valence-electron chi connectivity index (χ4n) is 2.33. The van der Waals surface area contributed by atoms with Crippen LogP contribution in [-0.2, 0) is 6.42 Å². The Morgan fingerprint density at radius 1 is 0.947 bits per heavy atom. The van der Waals surface area contributed by atoms with Gasteiger partial charge in [-0.3, -0.25) is 0 Å². The SMILES string of the molecule is CCCN(CC)CCNCCCCc1ccccc1. The van der Waals surface area contributed by atoms with Crippen molar-refractivity contribution in [3.63, 3.8) is 0 Å². The molecule has 0 aliphatic rings. The van der Waals surface area contributed by atoms with E-state index in [1.54, 1.807) is 0 Å².